The van der Waals surface area contributed by atoms with E-state index in [4.69, 9.17) is 4.74 Å². The Hall–Kier alpha value is -1.98. The number of esters is 1. The summed E-state index contributed by atoms with van der Waals surface area (Å²) in [6.45, 7) is 3.69. The monoisotopic (exact) mass is 299 g/mol. The standard InChI is InChI=1S/C15H19F2NO3/c1-3-4-5-9-21-15(20)10(2)18-14(19)13-11(16)7-6-8-12(13)17/h6-8,10H,3-5,9H2,1-2H3,(H,18,19). The fraction of sp³-hybridized carbons (Fsp3) is 0.467. The summed E-state index contributed by atoms with van der Waals surface area (Å²) < 4.78 is 31.8. The minimum absolute atomic E-state index is 0.265. The summed E-state index contributed by atoms with van der Waals surface area (Å²) in [7, 11) is 0. The van der Waals surface area contributed by atoms with Crippen molar-refractivity contribution in [3.05, 3.63) is 35.4 Å². The Balaban J connectivity index is 2.56. The maximum atomic E-state index is 13.4. The van der Waals surface area contributed by atoms with Gasteiger partial charge in [0.15, 0.2) is 0 Å². The summed E-state index contributed by atoms with van der Waals surface area (Å²) in [6.07, 6.45) is 2.68. The molecule has 0 aromatic heterocycles. The van der Waals surface area contributed by atoms with Crippen LogP contribution in [0.25, 0.3) is 0 Å². The van der Waals surface area contributed by atoms with Crippen LogP contribution in [0.5, 0.6) is 0 Å². The zero-order valence-corrected chi connectivity index (χ0v) is 12.1. The molecule has 0 aliphatic carbocycles. The first-order chi connectivity index (χ1) is 9.97. The molecule has 0 spiro atoms. The predicted molar refractivity (Wildman–Crippen MR) is 73.8 cm³/mol. The predicted octanol–water partition coefficient (Wildman–Crippen LogP) is 2.82. The Kier molecular flexibility index (Phi) is 6.78. The van der Waals surface area contributed by atoms with E-state index in [-0.39, 0.29) is 6.61 Å². The van der Waals surface area contributed by atoms with Crippen LogP contribution in [0.1, 0.15) is 43.5 Å². The first-order valence-electron chi connectivity index (χ1n) is 6.88. The van der Waals surface area contributed by atoms with Gasteiger partial charge >= 0.3 is 5.97 Å². The largest absolute Gasteiger partial charge is 0.464 e. The summed E-state index contributed by atoms with van der Waals surface area (Å²) in [5, 5.41) is 2.23. The van der Waals surface area contributed by atoms with E-state index < -0.39 is 35.1 Å². The molecule has 0 fully saturated rings. The third-order valence-corrected chi connectivity index (χ3v) is 2.88. The van der Waals surface area contributed by atoms with Gasteiger partial charge in [0.05, 0.1) is 6.61 Å². The van der Waals surface area contributed by atoms with Crippen molar-refractivity contribution in [2.24, 2.45) is 0 Å². The number of halogens is 2. The van der Waals surface area contributed by atoms with E-state index in [9.17, 15) is 18.4 Å². The summed E-state index contributed by atoms with van der Waals surface area (Å²) in [5.74, 6) is -3.56. The molecule has 6 heteroatoms. The summed E-state index contributed by atoms with van der Waals surface area (Å²) in [4.78, 5) is 23.4. The van der Waals surface area contributed by atoms with Gasteiger partial charge in [0, 0.05) is 0 Å². The number of nitrogens with one attached hydrogen (secondary N) is 1. The van der Waals surface area contributed by atoms with Crippen LogP contribution < -0.4 is 5.32 Å². The van der Waals surface area contributed by atoms with Gasteiger partial charge in [0.25, 0.3) is 5.91 Å². The van der Waals surface area contributed by atoms with E-state index in [1.54, 1.807) is 0 Å². The summed E-state index contributed by atoms with van der Waals surface area (Å²) in [5.41, 5.74) is -0.705. The third-order valence-electron chi connectivity index (χ3n) is 2.88. The van der Waals surface area contributed by atoms with Crippen LogP contribution in [0.3, 0.4) is 0 Å². The number of ether oxygens (including phenoxy) is 1. The Labute approximate surface area is 122 Å². The fourth-order valence-corrected chi connectivity index (χ4v) is 1.69. The Bertz CT molecular complexity index is 485. The molecule has 1 rings (SSSR count). The SMILES string of the molecule is CCCCCOC(=O)C(C)NC(=O)c1c(F)cccc1F. The lowest BCUT2D eigenvalue weighted by Crippen LogP contribution is -2.40. The van der Waals surface area contributed by atoms with Crippen LogP contribution in [0.2, 0.25) is 0 Å². The molecule has 1 N–H and O–H groups in total. The topological polar surface area (TPSA) is 55.4 Å². The minimum Gasteiger partial charge on any atom is -0.464 e. The molecule has 1 aromatic rings. The van der Waals surface area contributed by atoms with Gasteiger partial charge < -0.3 is 10.1 Å². The molecule has 0 radical (unpaired) electrons. The maximum absolute atomic E-state index is 13.4. The second-order valence-corrected chi connectivity index (χ2v) is 4.67. The molecule has 1 amide bonds. The second kappa shape index (κ2) is 8.34. The Morgan fingerprint density at radius 1 is 1.24 bits per heavy atom. The van der Waals surface area contributed by atoms with Crippen LogP contribution in [-0.4, -0.2) is 24.5 Å². The maximum Gasteiger partial charge on any atom is 0.328 e. The molecular formula is C15H19F2NO3. The highest BCUT2D eigenvalue weighted by atomic mass is 19.1. The van der Waals surface area contributed by atoms with Gasteiger partial charge in [-0.2, -0.15) is 0 Å². The minimum atomic E-state index is -0.983. The zero-order chi connectivity index (χ0) is 15.8. The highest BCUT2D eigenvalue weighted by Gasteiger charge is 2.22. The van der Waals surface area contributed by atoms with Crippen LogP contribution >= 0.6 is 0 Å². The van der Waals surface area contributed by atoms with E-state index in [1.165, 1.54) is 6.92 Å². The van der Waals surface area contributed by atoms with Gasteiger partial charge in [-0.1, -0.05) is 25.8 Å². The number of hydrogen-bond acceptors (Lipinski definition) is 3. The van der Waals surface area contributed by atoms with Crippen LogP contribution in [0.15, 0.2) is 18.2 Å². The van der Waals surface area contributed by atoms with E-state index >= 15 is 0 Å². The fourth-order valence-electron chi connectivity index (χ4n) is 1.69. The molecule has 0 bridgehead atoms. The third kappa shape index (κ3) is 5.13. The van der Waals surface area contributed by atoms with E-state index in [0.29, 0.717) is 0 Å². The lowest BCUT2D eigenvalue weighted by molar-refractivity contribution is -0.145. The van der Waals surface area contributed by atoms with Crippen molar-refractivity contribution in [3.63, 3.8) is 0 Å². The molecule has 1 aromatic carbocycles. The average Bonchev–Trinajstić information content (AvgIpc) is 2.43. The first kappa shape index (κ1) is 17.1. The molecule has 0 aliphatic rings. The second-order valence-electron chi connectivity index (χ2n) is 4.67. The number of hydrogen-bond donors (Lipinski definition) is 1. The van der Waals surface area contributed by atoms with Crippen molar-refractivity contribution < 1.29 is 23.1 Å². The number of unbranched alkanes of at least 4 members (excludes halogenated alkanes) is 2. The van der Waals surface area contributed by atoms with Crippen LogP contribution in [0.4, 0.5) is 8.78 Å². The van der Waals surface area contributed by atoms with E-state index in [0.717, 1.165) is 37.5 Å². The lowest BCUT2D eigenvalue weighted by Gasteiger charge is -2.14. The number of rotatable bonds is 7. The average molecular weight is 299 g/mol. The Morgan fingerprint density at radius 2 is 1.86 bits per heavy atom. The van der Waals surface area contributed by atoms with Crippen molar-refractivity contribution in [1.29, 1.82) is 0 Å². The van der Waals surface area contributed by atoms with E-state index in [1.807, 2.05) is 6.92 Å². The van der Waals surface area contributed by atoms with Gasteiger partial charge in [0.1, 0.15) is 23.2 Å². The van der Waals surface area contributed by atoms with Gasteiger partial charge in [0.2, 0.25) is 0 Å². The van der Waals surface area contributed by atoms with Gasteiger partial charge in [-0.05, 0) is 25.5 Å². The molecule has 4 nitrogen and oxygen atoms in total. The number of benzene rings is 1. The number of carbonyl (C=O) groups is 2. The van der Waals surface area contributed by atoms with Crippen LogP contribution in [-0.2, 0) is 9.53 Å². The molecule has 21 heavy (non-hydrogen) atoms. The zero-order valence-electron chi connectivity index (χ0n) is 12.1. The lowest BCUT2D eigenvalue weighted by atomic mass is 10.1. The van der Waals surface area contributed by atoms with Crippen molar-refractivity contribution >= 4 is 11.9 Å². The van der Waals surface area contributed by atoms with Gasteiger partial charge in [-0.3, -0.25) is 4.79 Å². The molecule has 1 atom stereocenters. The van der Waals surface area contributed by atoms with Crippen molar-refractivity contribution in [2.45, 2.75) is 39.2 Å². The smallest absolute Gasteiger partial charge is 0.328 e. The molecule has 116 valence electrons. The van der Waals surface area contributed by atoms with Crippen molar-refractivity contribution in [3.8, 4) is 0 Å². The molecule has 0 aliphatic heterocycles. The number of carbonyl (C=O) groups excluding carboxylic acids is 2. The highest BCUT2D eigenvalue weighted by molar-refractivity contribution is 5.97. The molecule has 0 saturated heterocycles. The number of amides is 1. The molecule has 1 unspecified atom stereocenters. The Morgan fingerprint density at radius 3 is 2.43 bits per heavy atom. The molecular weight excluding hydrogens is 280 g/mol. The normalized spacial score (nSPS) is 11.8. The van der Waals surface area contributed by atoms with Crippen LogP contribution in [0, 0.1) is 11.6 Å². The van der Waals surface area contributed by atoms with Gasteiger partial charge in [-0.15, -0.1) is 0 Å². The first-order valence-corrected chi connectivity index (χ1v) is 6.88. The quantitative estimate of drug-likeness (QED) is 0.622. The van der Waals surface area contributed by atoms with Gasteiger partial charge in [-0.25, -0.2) is 13.6 Å². The summed E-state index contributed by atoms with van der Waals surface area (Å²) >= 11 is 0. The molecule has 0 heterocycles. The van der Waals surface area contributed by atoms with Crippen molar-refractivity contribution in [1.82, 2.24) is 5.32 Å². The van der Waals surface area contributed by atoms with Crippen molar-refractivity contribution in [2.75, 3.05) is 6.61 Å². The van der Waals surface area contributed by atoms with E-state index in [2.05, 4.69) is 5.32 Å². The summed E-state index contributed by atoms with van der Waals surface area (Å²) in [6, 6.07) is 2.14. The molecule has 0 saturated carbocycles. The highest BCUT2D eigenvalue weighted by Crippen LogP contribution is 2.12.